The summed E-state index contributed by atoms with van der Waals surface area (Å²) < 4.78 is 14.0. The second kappa shape index (κ2) is 5.95. The average molecular weight is 318 g/mol. The van der Waals surface area contributed by atoms with Gasteiger partial charge < -0.3 is 10.4 Å². The first kappa shape index (κ1) is 14.6. The predicted molar refractivity (Wildman–Crippen MR) is 67.8 cm³/mol. The van der Waals surface area contributed by atoms with E-state index in [1.807, 2.05) is 0 Å². The second-order valence-corrected chi connectivity index (χ2v) is 4.93. The smallest absolute Gasteiger partial charge is 0.308 e. The summed E-state index contributed by atoms with van der Waals surface area (Å²) in [6.07, 6.45) is 0. The van der Waals surface area contributed by atoms with Crippen LogP contribution in [0.2, 0.25) is 0 Å². The Balaban J connectivity index is 2.79. The highest BCUT2D eigenvalue weighted by Gasteiger charge is 2.22. The molecule has 98 valence electrons. The molecule has 0 aliphatic carbocycles. The number of aliphatic carboxylic acids is 1. The molecule has 2 unspecified atom stereocenters. The molecule has 1 aromatic carbocycles. The van der Waals surface area contributed by atoms with E-state index in [1.165, 1.54) is 19.1 Å². The molecule has 2 N–H and O–H groups in total. The van der Waals surface area contributed by atoms with Gasteiger partial charge in [0, 0.05) is 10.5 Å². The molecule has 1 amide bonds. The van der Waals surface area contributed by atoms with E-state index >= 15 is 0 Å². The van der Waals surface area contributed by atoms with Crippen molar-refractivity contribution in [3.63, 3.8) is 0 Å². The van der Waals surface area contributed by atoms with Crippen LogP contribution in [0.5, 0.6) is 0 Å². The lowest BCUT2D eigenvalue weighted by Crippen LogP contribution is -2.40. The summed E-state index contributed by atoms with van der Waals surface area (Å²) in [5.41, 5.74) is -0.109. The van der Waals surface area contributed by atoms with Crippen LogP contribution in [-0.2, 0) is 4.79 Å². The van der Waals surface area contributed by atoms with Crippen molar-refractivity contribution in [2.75, 3.05) is 0 Å². The zero-order valence-electron chi connectivity index (χ0n) is 9.91. The van der Waals surface area contributed by atoms with E-state index in [2.05, 4.69) is 21.2 Å². The van der Waals surface area contributed by atoms with Gasteiger partial charge in [-0.25, -0.2) is 4.39 Å². The van der Waals surface area contributed by atoms with Gasteiger partial charge in [0.2, 0.25) is 0 Å². The van der Waals surface area contributed by atoms with Crippen LogP contribution in [0.25, 0.3) is 0 Å². The van der Waals surface area contributed by atoms with Crippen LogP contribution in [0.4, 0.5) is 4.39 Å². The maximum absolute atomic E-state index is 13.5. The van der Waals surface area contributed by atoms with Crippen molar-refractivity contribution >= 4 is 27.8 Å². The minimum atomic E-state index is -1.01. The number of nitrogens with one attached hydrogen (secondary N) is 1. The average Bonchev–Trinajstić information content (AvgIpc) is 2.27. The Kier molecular flexibility index (Phi) is 4.84. The molecule has 0 saturated carbocycles. The molecular formula is C12H13BrFNO3. The lowest BCUT2D eigenvalue weighted by molar-refractivity contribution is -0.141. The molecular weight excluding hydrogens is 305 g/mol. The van der Waals surface area contributed by atoms with Gasteiger partial charge in [0.1, 0.15) is 5.82 Å². The molecule has 1 aromatic rings. The molecule has 1 rings (SSSR count). The largest absolute Gasteiger partial charge is 0.481 e. The highest BCUT2D eigenvalue weighted by molar-refractivity contribution is 9.10. The minimum Gasteiger partial charge on any atom is -0.481 e. The fourth-order valence-corrected chi connectivity index (χ4v) is 1.63. The molecule has 0 fully saturated rings. The summed E-state index contributed by atoms with van der Waals surface area (Å²) in [7, 11) is 0. The summed E-state index contributed by atoms with van der Waals surface area (Å²) in [5.74, 6) is -3.04. The van der Waals surface area contributed by atoms with Gasteiger partial charge in [0.25, 0.3) is 5.91 Å². The monoisotopic (exact) mass is 317 g/mol. The lowest BCUT2D eigenvalue weighted by atomic mass is 10.0. The number of benzene rings is 1. The van der Waals surface area contributed by atoms with Crippen molar-refractivity contribution in [1.82, 2.24) is 5.32 Å². The number of halogens is 2. The highest BCUT2D eigenvalue weighted by Crippen LogP contribution is 2.15. The Morgan fingerprint density at radius 2 is 2.00 bits per heavy atom. The van der Waals surface area contributed by atoms with E-state index in [0.29, 0.717) is 4.47 Å². The number of amides is 1. The fourth-order valence-electron chi connectivity index (χ4n) is 1.30. The van der Waals surface area contributed by atoms with E-state index in [1.54, 1.807) is 13.0 Å². The van der Waals surface area contributed by atoms with Gasteiger partial charge >= 0.3 is 5.97 Å². The zero-order chi connectivity index (χ0) is 13.9. The molecule has 0 heterocycles. The van der Waals surface area contributed by atoms with Crippen LogP contribution < -0.4 is 5.32 Å². The molecule has 2 atom stereocenters. The molecule has 0 bridgehead atoms. The number of carboxylic acids is 1. The van der Waals surface area contributed by atoms with Crippen LogP contribution in [0.15, 0.2) is 22.7 Å². The predicted octanol–water partition coefficient (Wildman–Crippen LogP) is 2.43. The van der Waals surface area contributed by atoms with Crippen LogP contribution in [0.1, 0.15) is 24.2 Å². The van der Waals surface area contributed by atoms with Gasteiger partial charge in [-0.3, -0.25) is 9.59 Å². The van der Waals surface area contributed by atoms with Gasteiger partial charge in [-0.15, -0.1) is 0 Å². The standard InChI is InChI=1S/C12H13BrFNO3/c1-6(12(17)18)7(2)15-11(16)9-4-3-8(13)5-10(9)14/h3-7H,1-2H3,(H,15,16)(H,17,18). The van der Waals surface area contributed by atoms with E-state index < -0.39 is 29.7 Å². The topological polar surface area (TPSA) is 66.4 Å². The van der Waals surface area contributed by atoms with Crippen molar-refractivity contribution in [2.24, 2.45) is 5.92 Å². The molecule has 6 heteroatoms. The zero-order valence-corrected chi connectivity index (χ0v) is 11.5. The summed E-state index contributed by atoms with van der Waals surface area (Å²) >= 11 is 3.09. The Morgan fingerprint density at radius 1 is 1.39 bits per heavy atom. The molecule has 0 aliphatic heterocycles. The normalized spacial score (nSPS) is 13.8. The first-order valence-electron chi connectivity index (χ1n) is 5.31. The van der Waals surface area contributed by atoms with Crippen molar-refractivity contribution < 1.29 is 19.1 Å². The number of carbonyl (C=O) groups is 2. The van der Waals surface area contributed by atoms with Crippen LogP contribution in [-0.4, -0.2) is 23.0 Å². The van der Waals surface area contributed by atoms with Crippen molar-refractivity contribution in [1.29, 1.82) is 0 Å². The highest BCUT2D eigenvalue weighted by atomic mass is 79.9. The van der Waals surface area contributed by atoms with Crippen LogP contribution in [0.3, 0.4) is 0 Å². The van der Waals surface area contributed by atoms with E-state index in [-0.39, 0.29) is 5.56 Å². The van der Waals surface area contributed by atoms with Gasteiger partial charge in [0.05, 0.1) is 11.5 Å². The summed E-state index contributed by atoms with van der Waals surface area (Å²) in [6, 6.07) is 3.48. The van der Waals surface area contributed by atoms with Gasteiger partial charge in [-0.2, -0.15) is 0 Å². The molecule has 0 spiro atoms. The van der Waals surface area contributed by atoms with Crippen LogP contribution in [0, 0.1) is 11.7 Å². The maximum atomic E-state index is 13.5. The maximum Gasteiger partial charge on any atom is 0.308 e. The summed E-state index contributed by atoms with van der Waals surface area (Å²) in [4.78, 5) is 22.5. The first-order chi connectivity index (χ1) is 8.32. The number of rotatable bonds is 4. The Labute approximate surface area is 112 Å². The molecule has 0 aliphatic rings. The van der Waals surface area contributed by atoms with E-state index in [0.717, 1.165) is 0 Å². The molecule has 18 heavy (non-hydrogen) atoms. The second-order valence-electron chi connectivity index (χ2n) is 4.01. The number of hydrogen-bond donors (Lipinski definition) is 2. The van der Waals surface area contributed by atoms with E-state index in [9.17, 15) is 14.0 Å². The van der Waals surface area contributed by atoms with Gasteiger partial charge in [-0.05, 0) is 32.0 Å². The van der Waals surface area contributed by atoms with Gasteiger partial charge in [-0.1, -0.05) is 15.9 Å². The summed E-state index contributed by atoms with van der Waals surface area (Å²) in [5, 5.41) is 11.3. The first-order valence-corrected chi connectivity index (χ1v) is 6.11. The quantitative estimate of drug-likeness (QED) is 0.896. The Morgan fingerprint density at radius 3 is 2.50 bits per heavy atom. The number of carboxylic acid groups (broad SMARTS) is 1. The SMILES string of the molecule is CC(NC(=O)c1ccc(Br)cc1F)C(C)C(=O)O. The third-order valence-electron chi connectivity index (χ3n) is 2.67. The molecule has 0 saturated heterocycles. The van der Waals surface area contributed by atoms with E-state index in [4.69, 9.17) is 5.11 Å². The minimum absolute atomic E-state index is 0.109. The van der Waals surface area contributed by atoms with Crippen molar-refractivity contribution in [2.45, 2.75) is 19.9 Å². The van der Waals surface area contributed by atoms with Gasteiger partial charge in [0.15, 0.2) is 0 Å². The Hall–Kier alpha value is -1.43. The number of carbonyl (C=O) groups excluding carboxylic acids is 1. The molecule has 4 nitrogen and oxygen atoms in total. The van der Waals surface area contributed by atoms with Crippen molar-refractivity contribution in [3.8, 4) is 0 Å². The molecule has 0 aromatic heterocycles. The Bertz CT molecular complexity index is 478. The third kappa shape index (κ3) is 3.53. The number of hydrogen-bond acceptors (Lipinski definition) is 2. The lowest BCUT2D eigenvalue weighted by Gasteiger charge is -2.17. The van der Waals surface area contributed by atoms with Crippen LogP contribution >= 0.6 is 15.9 Å². The third-order valence-corrected chi connectivity index (χ3v) is 3.17. The van der Waals surface area contributed by atoms with Crippen molar-refractivity contribution in [3.05, 3.63) is 34.1 Å². The molecule has 0 radical (unpaired) electrons. The summed E-state index contributed by atoms with van der Waals surface area (Å²) in [6.45, 7) is 3.04. The fraction of sp³-hybridized carbons (Fsp3) is 0.333.